The van der Waals surface area contributed by atoms with Crippen LogP contribution in [0.2, 0.25) is 0 Å². The Morgan fingerprint density at radius 1 is 1.53 bits per heavy atom. The quantitative estimate of drug-likeness (QED) is 0.873. The Bertz CT molecular complexity index is 355. The van der Waals surface area contributed by atoms with E-state index in [1.807, 2.05) is 12.1 Å². The van der Waals surface area contributed by atoms with E-state index in [-0.39, 0.29) is 0 Å². The third-order valence-corrected chi connectivity index (χ3v) is 4.95. The fraction of sp³-hybridized carbons (Fsp3) is 0.692. The van der Waals surface area contributed by atoms with Crippen molar-refractivity contribution in [3.63, 3.8) is 0 Å². The Morgan fingerprint density at radius 3 is 3.00 bits per heavy atom. The summed E-state index contributed by atoms with van der Waals surface area (Å²) in [6, 6.07) is 4.95. The summed E-state index contributed by atoms with van der Waals surface area (Å²) in [4.78, 5) is 0. The number of halogens is 1. The minimum Gasteiger partial charge on any atom is -0.453 e. The van der Waals surface area contributed by atoms with Gasteiger partial charge in [0.05, 0.1) is 6.04 Å². The van der Waals surface area contributed by atoms with Crippen molar-refractivity contribution < 1.29 is 4.42 Å². The Labute approximate surface area is 116 Å². The summed E-state index contributed by atoms with van der Waals surface area (Å²) < 4.78 is 6.39. The summed E-state index contributed by atoms with van der Waals surface area (Å²) in [5.74, 6) is 2.25. The third kappa shape index (κ3) is 3.76. The normalized spacial score (nSPS) is 26.3. The van der Waals surface area contributed by atoms with Gasteiger partial charge in [-0.1, -0.05) is 6.92 Å². The molecule has 1 aliphatic carbocycles. The second-order valence-corrected chi connectivity index (χ2v) is 6.98. The Morgan fingerprint density at radius 2 is 2.35 bits per heavy atom. The summed E-state index contributed by atoms with van der Waals surface area (Å²) in [7, 11) is 0. The smallest absolute Gasteiger partial charge is 0.169 e. The van der Waals surface area contributed by atoms with Crippen LogP contribution in [-0.4, -0.2) is 17.0 Å². The monoisotopic (exact) mass is 317 g/mol. The molecule has 1 N–H and O–H groups in total. The second-order valence-electron chi connectivity index (χ2n) is 4.62. The molecule has 2 rings (SSSR count). The van der Waals surface area contributed by atoms with E-state index in [0.717, 1.165) is 15.7 Å². The zero-order valence-corrected chi connectivity index (χ0v) is 12.8. The lowest BCUT2D eigenvalue weighted by atomic mass is 10.2. The zero-order chi connectivity index (χ0) is 12.3. The van der Waals surface area contributed by atoms with Crippen LogP contribution in [0.1, 0.15) is 44.9 Å². The summed E-state index contributed by atoms with van der Waals surface area (Å²) in [6.07, 6.45) is 3.94. The summed E-state index contributed by atoms with van der Waals surface area (Å²) >= 11 is 5.44. The van der Waals surface area contributed by atoms with Crippen molar-refractivity contribution in [2.24, 2.45) is 0 Å². The zero-order valence-electron chi connectivity index (χ0n) is 10.4. The number of furan rings is 1. The Hall–Kier alpha value is 0.0700. The van der Waals surface area contributed by atoms with Gasteiger partial charge in [0.25, 0.3) is 0 Å². The SMILES string of the molecule is CCSC1CCC(NC(C)c2ccc(Br)o2)C1. The molecule has 1 fully saturated rings. The van der Waals surface area contributed by atoms with Crippen LogP contribution in [0.15, 0.2) is 21.2 Å². The molecule has 3 unspecified atom stereocenters. The molecule has 4 heteroatoms. The van der Waals surface area contributed by atoms with Gasteiger partial charge in [0.15, 0.2) is 4.67 Å². The average molecular weight is 318 g/mol. The van der Waals surface area contributed by atoms with Crippen LogP contribution in [0.25, 0.3) is 0 Å². The van der Waals surface area contributed by atoms with Crippen LogP contribution in [0.5, 0.6) is 0 Å². The van der Waals surface area contributed by atoms with Crippen LogP contribution in [-0.2, 0) is 0 Å². The van der Waals surface area contributed by atoms with Crippen molar-refractivity contribution in [1.82, 2.24) is 5.32 Å². The van der Waals surface area contributed by atoms with Crippen molar-refractivity contribution in [2.45, 2.75) is 50.4 Å². The highest BCUT2D eigenvalue weighted by molar-refractivity contribution is 9.10. The van der Waals surface area contributed by atoms with Gasteiger partial charge >= 0.3 is 0 Å². The lowest BCUT2D eigenvalue weighted by Gasteiger charge is -2.17. The molecule has 1 aromatic heterocycles. The predicted molar refractivity (Wildman–Crippen MR) is 77.5 cm³/mol. The molecule has 2 nitrogen and oxygen atoms in total. The van der Waals surface area contributed by atoms with E-state index in [9.17, 15) is 0 Å². The first-order valence-corrected chi connectivity index (χ1v) is 8.16. The fourth-order valence-electron chi connectivity index (χ4n) is 2.48. The van der Waals surface area contributed by atoms with E-state index in [1.54, 1.807) is 0 Å². The highest BCUT2D eigenvalue weighted by Gasteiger charge is 2.26. The molecule has 1 heterocycles. The topological polar surface area (TPSA) is 25.2 Å². The first-order chi connectivity index (χ1) is 8.19. The summed E-state index contributed by atoms with van der Waals surface area (Å²) in [6.45, 7) is 4.42. The molecule has 1 saturated carbocycles. The largest absolute Gasteiger partial charge is 0.453 e. The molecule has 0 aliphatic heterocycles. The van der Waals surface area contributed by atoms with Crippen molar-refractivity contribution in [3.05, 3.63) is 22.6 Å². The predicted octanol–water partition coefficient (Wildman–Crippen LogP) is 4.37. The van der Waals surface area contributed by atoms with Crippen molar-refractivity contribution >= 4 is 27.7 Å². The van der Waals surface area contributed by atoms with E-state index in [0.29, 0.717) is 12.1 Å². The molecule has 1 aliphatic rings. The van der Waals surface area contributed by atoms with Crippen LogP contribution in [0.4, 0.5) is 0 Å². The lowest BCUT2D eigenvalue weighted by Crippen LogP contribution is -2.29. The minimum atomic E-state index is 0.302. The van der Waals surface area contributed by atoms with Crippen molar-refractivity contribution in [1.29, 1.82) is 0 Å². The number of hydrogen-bond donors (Lipinski definition) is 1. The van der Waals surface area contributed by atoms with Gasteiger partial charge in [0, 0.05) is 11.3 Å². The van der Waals surface area contributed by atoms with Gasteiger partial charge in [-0.2, -0.15) is 11.8 Å². The van der Waals surface area contributed by atoms with E-state index in [4.69, 9.17) is 4.42 Å². The maximum absolute atomic E-state index is 5.58. The molecule has 0 bridgehead atoms. The van der Waals surface area contributed by atoms with Crippen LogP contribution in [0, 0.1) is 0 Å². The standard InChI is InChI=1S/C13H20BrNOS/c1-3-17-11-5-4-10(8-11)15-9(2)12-6-7-13(14)16-12/h6-7,9-11,15H,3-5,8H2,1-2H3. The van der Waals surface area contributed by atoms with Crippen molar-refractivity contribution in [2.75, 3.05) is 5.75 Å². The van der Waals surface area contributed by atoms with Gasteiger partial charge in [-0.15, -0.1) is 0 Å². The Balaban J connectivity index is 1.82. The van der Waals surface area contributed by atoms with Gasteiger partial charge in [0.2, 0.25) is 0 Å². The van der Waals surface area contributed by atoms with Crippen molar-refractivity contribution in [3.8, 4) is 0 Å². The van der Waals surface area contributed by atoms with E-state index >= 15 is 0 Å². The molecular formula is C13H20BrNOS. The maximum atomic E-state index is 5.58. The third-order valence-electron chi connectivity index (χ3n) is 3.29. The number of rotatable bonds is 5. The van der Waals surface area contributed by atoms with E-state index in [1.165, 1.54) is 25.0 Å². The highest BCUT2D eigenvalue weighted by atomic mass is 79.9. The highest BCUT2D eigenvalue weighted by Crippen LogP contribution is 2.31. The fourth-order valence-corrected chi connectivity index (χ4v) is 3.94. The molecule has 0 saturated heterocycles. The Kier molecular flexibility index (Phi) is 5.00. The first-order valence-electron chi connectivity index (χ1n) is 6.32. The molecule has 0 aromatic carbocycles. The molecule has 0 radical (unpaired) electrons. The van der Waals surface area contributed by atoms with Gasteiger partial charge in [-0.05, 0) is 60.0 Å². The molecule has 3 atom stereocenters. The molecule has 17 heavy (non-hydrogen) atoms. The van der Waals surface area contributed by atoms with Gasteiger partial charge in [-0.3, -0.25) is 0 Å². The molecule has 0 spiro atoms. The second kappa shape index (κ2) is 6.30. The molecule has 96 valence electrons. The van der Waals surface area contributed by atoms with Crippen LogP contribution in [0.3, 0.4) is 0 Å². The molecule has 0 amide bonds. The lowest BCUT2D eigenvalue weighted by molar-refractivity contribution is 0.382. The number of thioether (sulfide) groups is 1. The van der Waals surface area contributed by atoms with Crippen LogP contribution >= 0.6 is 27.7 Å². The summed E-state index contributed by atoms with van der Waals surface area (Å²) in [5.41, 5.74) is 0. The van der Waals surface area contributed by atoms with Gasteiger partial charge in [0.1, 0.15) is 5.76 Å². The average Bonchev–Trinajstić information content (AvgIpc) is 2.88. The van der Waals surface area contributed by atoms with Crippen LogP contribution < -0.4 is 5.32 Å². The first kappa shape index (κ1) is 13.5. The summed E-state index contributed by atoms with van der Waals surface area (Å²) in [5, 5.41) is 4.52. The molecular weight excluding hydrogens is 298 g/mol. The van der Waals surface area contributed by atoms with E-state index < -0.39 is 0 Å². The van der Waals surface area contributed by atoms with Gasteiger partial charge in [-0.25, -0.2) is 0 Å². The van der Waals surface area contributed by atoms with E-state index in [2.05, 4.69) is 46.9 Å². The van der Waals surface area contributed by atoms with Gasteiger partial charge < -0.3 is 9.73 Å². The molecule has 1 aromatic rings. The number of hydrogen-bond acceptors (Lipinski definition) is 3. The minimum absolute atomic E-state index is 0.302. The number of nitrogens with one attached hydrogen (secondary N) is 1. The maximum Gasteiger partial charge on any atom is 0.169 e.